The summed E-state index contributed by atoms with van der Waals surface area (Å²) in [5.41, 5.74) is -3.87. The molecule has 4 unspecified atom stereocenters. The third-order valence-corrected chi connectivity index (χ3v) is 11.9. The van der Waals surface area contributed by atoms with Gasteiger partial charge >= 0.3 is 5.97 Å². The van der Waals surface area contributed by atoms with Crippen molar-refractivity contribution in [1.82, 2.24) is 4.90 Å². The summed E-state index contributed by atoms with van der Waals surface area (Å²) < 4.78 is 44.6. The maximum Gasteiger partial charge on any atom is 0.311 e. The fourth-order valence-corrected chi connectivity index (χ4v) is 8.61. The molecular formula is C37H66N2O12. The van der Waals surface area contributed by atoms with Gasteiger partial charge in [-0.3, -0.25) is 4.79 Å². The molecule has 0 aromatic heterocycles. The molecule has 0 radical (unpaired) electrons. The van der Waals surface area contributed by atoms with E-state index in [1.807, 2.05) is 46.7 Å². The first kappa shape index (κ1) is 42.3. The van der Waals surface area contributed by atoms with Gasteiger partial charge in [-0.1, -0.05) is 20.8 Å². The van der Waals surface area contributed by atoms with Crippen molar-refractivity contribution in [2.75, 3.05) is 21.2 Å². The van der Waals surface area contributed by atoms with Crippen molar-refractivity contribution in [3.63, 3.8) is 0 Å². The number of esters is 1. The van der Waals surface area contributed by atoms with Crippen LogP contribution in [-0.4, -0.2) is 149 Å². The smallest absolute Gasteiger partial charge is 0.311 e. The van der Waals surface area contributed by atoms with Crippen LogP contribution >= 0.6 is 0 Å². The largest absolute Gasteiger partial charge is 0.472 e. The molecule has 3 saturated heterocycles. The number of ether oxygens (including phenoxy) is 7. The number of carbonyl (C=O) groups is 1. The fraction of sp³-hybridized carbons (Fsp3) is 0.946. The topological polar surface area (TPSA) is 178 Å². The number of aliphatic imine (C=N–C) groups is 1. The summed E-state index contributed by atoms with van der Waals surface area (Å²) in [5, 5.41) is 45.0. The molecule has 0 amide bonds. The molecule has 0 saturated carbocycles. The molecule has 4 aliphatic heterocycles. The highest BCUT2D eigenvalue weighted by Gasteiger charge is 2.56. The van der Waals surface area contributed by atoms with Crippen LogP contribution in [0.2, 0.25) is 0 Å². The molecule has 4 aliphatic rings. The van der Waals surface area contributed by atoms with E-state index in [-0.39, 0.29) is 30.9 Å². The van der Waals surface area contributed by atoms with Crippen molar-refractivity contribution in [2.24, 2.45) is 22.7 Å². The molecule has 296 valence electrons. The Morgan fingerprint density at radius 2 is 1.71 bits per heavy atom. The number of carbonyl (C=O) groups excluding carboxylic acids is 1. The number of hydrogen-bond donors (Lipinski definition) is 4. The van der Waals surface area contributed by atoms with Gasteiger partial charge in [-0.2, -0.15) is 0 Å². The number of aliphatic hydroxyl groups excluding tert-OH is 3. The summed E-state index contributed by atoms with van der Waals surface area (Å²) in [6.07, 6.45) is -7.39. The molecule has 51 heavy (non-hydrogen) atoms. The molecular weight excluding hydrogens is 664 g/mol. The van der Waals surface area contributed by atoms with Gasteiger partial charge in [0.2, 0.25) is 0 Å². The first-order chi connectivity index (χ1) is 23.6. The van der Waals surface area contributed by atoms with Crippen LogP contribution in [0.5, 0.6) is 0 Å². The molecule has 0 aromatic rings. The Kier molecular flexibility index (Phi) is 13.4. The zero-order valence-corrected chi connectivity index (χ0v) is 32.9. The Bertz CT molecular complexity index is 1220. The first-order valence-electron chi connectivity index (χ1n) is 18.7. The normalized spacial score (nSPS) is 47.3. The van der Waals surface area contributed by atoms with Gasteiger partial charge in [0.05, 0.1) is 42.0 Å². The van der Waals surface area contributed by atoms with Crippen LogP contribution in [-0.2, 0) is 38.0 Å². The van der Waals surface area contributed by atoms with E-state index in [1.165, 1.54) is 14.0 Å². The lowest BCUT2D eigenvalue weighted by atomic mass is 9.79. The number of fused-ring (bicyclic) bond motifs is 2. The minimum Gasteiger partial charge on any atom is -0.472 e. The van der Waals surface area contributed by atoms with Gasteiger partial charge in [0.25, 0.3) is 0 Å². The van der Waals surface area contributed by atoms with Crippen molar-refractivity contribution in [3.8, 4) is 0 Å². The zero-order chi connectivity index (χ0) is 38.4. The van der Waals surface area contributed by atoms with Gasteiger partial charge in [-0.25, -0.2) is 4.99 Å². The van der Waals surface area contributed by atoms with Gasteiger partial charge in [0.1, 0.15) is 29.5 Å². The number of aliphatic hydroxyl groups is 4. The van der Waals surface area contributed by atoms with Gasteiger partial charge in [-0.15, -0.1) is 0 Å². The Hall–Kier alpha value is -1.46. The van der Waals surface area contributed by atoms with E-state index in [9.17, 15) is 25.2 Å². The lowest BCUT2D eigenvalue weighted by Crippen LogP contribution is -2.60. The SMILES string of the molecule is CC[C@@H](O)[C@@](C)(O)C1OC(=O)[C@H](C)[C@@H](O[C@H]2C[C@](C)(OC)[C@@H](O)C(C)O2)[C@H](C)[C@@H](O[C@@H]2OC(C)C[C@@H](N(C)C)C2O)[C@@]2(C)C[C@@H](C)C(=N[C@@H]1C)O2. The highest BCUT2D eigenvalue weighted by Crippen LogP contribution is 2.44. The molecule has 2 bridgehead atoms. The van der Waals surface area contributed by atoms with Gasteiger partial charge in [0, 0.05) is 37.8 Å². The maximum absolute atomic E-state index is 14.3. The minimum atomic E-state index is -1.84. The summed E-state index contributed by atoms with van der Waals surface area (Å²) in [7, 11) is 5.34. The standard InChI is InChI=1S/C37H66N2O12/c1-14-25(40)37(10,44)31-22(6)38-32-18(2)16-36(9,51-32)30(50-34-27(41)24(39(11)12)15-19(3)46-34)20(4)28(21(5)33(43)49-31)48-26-17-35(8,45-13)29(42)23(7)47-26/h18-31,34,40-42,44H,14-17H2,1-13H3/t18-,19?,20+,21-,22-,23?,24-,25-,26+,27?,28+,29+,30-,31?,34+,35+,36-,37-/m1/s1. The molecule has 14 heteroatoms. The predicted octanol–water partition coefficient (Wildman–Crippen LogP) is 2.41. The van der Waals surface area contributed by atoms with Gasteiger partial charge in [0.15, 0.2) is 24.6 Å². The molecule has 14 nitrogen and oxygen atoms in total. The lowest BCUT2D eigenvalue weighted by Gasteiger charge is -2.48. The van der Waals surface area contributed by atoms with Crippen molar-refractivity contribution >= 4 is 11.9 Å². The van der Waals surface area contributed by atoms with E-state index in [1.54, 1.807) is 34.6 Å². The molecule has 4 rings (SSSR count). The average molecular weight is 731 g/mol. The van der Waals surface area contributed by atoms with E-state index in [0.29, 0.717) is 18.7 Å². The molecule has 0 spiro atoms. The van der Waals surface area contributed by atoms with Crippen LogP contribution in [0.15, 0.2) is 4.99 Å². The fourth-order valence-electron chi connectivity index (χ4n) is 8.61. The van der Waals surface area contributed by atoms with Crippen LogP contribution in [0.4, 0.5) is 0 Å². The van der Waals surface area contributed by atoms with E-state index in [2.05, 4.69) is 0 Å². The third kappa shape index (κ3) is 8.60. The van der Waals surface area contributed by atoms with Crippen LogP contribution < -0.4 is 0 Å². The molecule has 0 aromatic carbocycles. The number of cyclic esters (lactones) is 1. The third-order valence-electron chi connectivity index (χ3n) is 11.9. The quantitative estimate of drug-likeness (QED) is 0.255. The average Bonchev–Trinajstić information content (AvgIpc) is 3.35. The van der Waals surface area contributed by atoms with E-state index >= 15 is 0 Å². The Morgan fingerprint density at radius 1 is 1.06 bits per heavy atom. The second kappa shape index (κ2) is 16.1. The number of likely N-dealkylation sites (N-methyl/N-ethyl adjacent to an activating group) is 1. The van der Waals surface area contributed by atoms with Crippen molar-refractivity contribution in [1.29, 1.82) is 0 Å². The van der Waals surface area contributed by atoms with Gasteiger partial charge in [-0.05, 0) is 75.4 Å². The van der Waals surface area contributed by atoms with E-state index < -0.39 is 96.0 Å². The van der Waals surface area contributed by atoms with Crippen molar-refractivity contribution in [3.05, 3.63) is 0 Å². The van der Waals surface area contributed by atoms with Crippen molar-refractivity contribution < 1.29 is 58.4 Å². The summed E-state index contributed by atoms with van der Waals surface area (Å²) in [4.78, 5) is 21.1. The monoisotopic (exact) mass is 730 g/mol. The Morgan fingerprint density at radius 3 is 2.29 bits per heavy atom. The molecule has 0 aliphatic carbocycles. The van der Waals surface area contributed by atoms with Gasteiger partial charge < -0.3 is 58.5 Å². The van der Waals surface area contributed by atoms with Crippen LogP contribution in [0.3, 0.4) is 0 Å². The van der Waals surface area contributed by atoms with E-state index in [0.717, 1.165) is 0 Å². The Labute approximate surface area is 304 Å². The van der Waals surface area contributed by atoms with Crippen molar-refractivity contribution in [2.45, 2.75) is 185 Å². The zero-order valence-electron chi connectivity index (χ0n) is 32.9. The van der Waals surface area contributed by atoms with Crippen LogP contribution in [0.25, 0.3) is 0 Å². The number of hydrogen-bond acceptors (Lipinski definition) is 14. The molecule has 18 atom stereocenters. The Balaban J connectivity index is 1.84. The maximum atomic E-state index is 14.3. The summed E-state index contributed by atoms with van der Waals surface area (Å²) in [5.74, 6) is -2.05. The number of nitrogens with zero attached hydrogens (tertiary/aromatic N) is 2. The highest BCUT2D eigenvalue weighted by molar-refractivity contribution is 5.81. The number of rotatable bonds is 9. The van der Waals surface area contributed by atoms with Crippen LogP contribution in [0, 0.1) is 17.8 Å². The summed E-state index contributed by atoms with van der Waals surface area (Å²) in [6.45, 7) is 17.9. The van der Waals surface area contributed by atoms with E-state index in [4.69, 9.17) is 38.2 Å². The number of methoxy groups -OCH3 is 1. The first-order valence-corrected chi connectivity index (χ1v) is 18.7. The molecule has 3 fully saturated rings. The predicted molar refractivity (Wildman–Crippen MR) is 188 cm³/mol. The molecule has 4 heterocycles. The lowest BCUT2D eigenvalue weighted by molar-refractivity contribution is -0.315. The minimum absolute atomic E-state index is 0.163. The summed E-state index contributed by atoms with van der Waals surface area (Å²) >= 11 is 0. The molecule has 4 N–H and O–H groups in total. The second-order valence-corrected chi connectivity index (χ2v) is 16.5. The summed E-state index contributed by atoms with van der Waals surface area (Å²) in [6, 6.07) is -1.03. The highest BCUT2D eigenvalue weighted by atomic mass is 16.7. The van der Waals surface area contributed by atoms with Crippen LogP contribution in [0.1, 0.15) is 94.9 Å². The second-order valence-electron chi connectivity index (χ2n) is 16.5.